The van der Waals surface area contributed by atoms with Crippen molar-refractivity contribution in [1.29, 1.82) is 5.26 Å². The molecule has 6 heteroatoms. The number of nitrogens with one attached hydrogen (secondary N) is 1. The molecular weight excluding hydrogens is 378 g/mol. The number of carbonyl (C=O) groups excluding carboxylic acids is 1. The average Bonchev–Trinajstić information content (AvgIpc) is 2.91. The third-order valence-corrected chi connectivity index (χ3v) is 4.42. The Balaban J connectivity index is 0.00000155. The number of carbonyl (C=O) groups is 1. The van der Waals surface area contributed by atoms with E-state index in [2.05, 4.69) is 17.3 Å². The Bertz CT molecular complexity index is 1160. The van der Waals surface area contributed by atoms with Crippen molar-refractivity contribution in [2.75, 3.05) is 19.0 Å². The number of terminal acetylenes is 1. The summed E-state index contributed by atoms with van der Waals surface area (Å²) >= 11 is 0. The van der Waals surface area contributed by atoms with Crippen LogP contribution in [0, 0.1) is 23.7 Å². The fraction of sp³-hybridized carbons (Fsp3) is 0.250. The molecule has 0 bridgehead atoms. The van der Waals surface area contributed by atoms with Gasteiger partial charge in [0, 0.05) is 29.6 Å². The van der Waals surface area contributed by atoms with Crippen molar-refractivity contribution < 1.29 is 14.3 Å². The molecule has 0 atom stereocenters. The highest BCUT2D eigenvalue weighted by Crippen LogP contribution is 2.24. The molecule has 30 heavy (non-hydrogen) atoms. The summed E-state index contributed by atoms with van der Waals surface area (Å²) in [6.45, 7) is 3.90. The Morgan fingerprint density at radius 3 is 2.77 bits per heavy atom. The van der Waals surface area contributed by atoms with E-state index in [1.807, 2.05) is 49.8 Å². The van der Waals surface area contributed by atoms with Crippen molar-refractivity contribution in [3.05, 3.63) is 52.2 Å². The fourth-order valence-corrected chi connectivity index (χ4v) is 3.19. The van der Waals surface area contributed by atoms with Gasteiger partial charge in [0.05, 0.1) is 23.7 Å². The van der Waals surface area contributed by atoms with Crippen LogP contribution in [0.3, 0.4) is 0 Å². The van der Waals surface area contributed by atoms with Gasteiger partial charge in [-0.25, -0.2) is 4.79 Å². The lowest BCUT2D eigenvalue weighted by Gasteiger charge is -2.09. The molecule has 1 aromatic heterocycles. The van der Waals surface area contributed by atoms with E-state index in [9.17, 15) is 10.1 Å². The van der Waals surface area contributed by atoms with E-state index in [-0.39, 0.29) is 6.61 Å². The summed E-state index contributed by atoms with van der Waals surface area (Å²) in [6.07, 6.45) is 11.0. The van der Waals surface area contributed by atoms with Gasteiger partial charge in [0.15, 0.2) is 6.61 Å². The van der Waals surface area contributed by atoms with Gasteiger partial charge >= 0.3 is 6.09 Å². The lowest BCUT2D eigenvalue weighted by Crippen LogP contribution is -2.28. The zero-order chi connectivity index (χ0) is 22.1. The monoisotopic (exact) mass is 403 g/mol. The van der Waals surface area contributed by atoms with Gasteiger partial charge in [-0.2, -0.15) is 5.26 Å². The fourth-order valence-electron chi connectivity index (χ4n) is 3.19. The summed E-state index contributed by atoms with van der Waals surface area (Å²) in [5.74, 6) is 2.99. The molecular formula is C24H25N3O3. The number of allylic oxidation sites excluding steroid dienone is 2. The summed E-state index contributed by atoms with van der Waals surface area (Å²) < 4.78 is 12.2. The second-order valence-corrected chi connectivity index (χ2v) is 6.07. The minimum atomic E-state index is -0.630. The van der Waals surface area contributed by atoms with Crippen molar-refractivity contribution >= 4 is 23.9 Å². The number of anilines is 1. The van der Waals surface area contributed by atoms with Gasteiger partial charge in [0.1, 0.15) is 11.8 Å². The Labute approximate surface area is 176 Å². The third kappa shape index (κ3) is 4.74. The van der Waals surface area contributed by atoms with Gasteiger partial charge in [-0.3, -0.25) is 5.32 Å². The number of hydrogen-bond acceptors (Lipinski definition) is 4. The van der Waals surface area contributed by atoms with Crippen LogP contribution in [0.5, 0.6) is 0 Å². The SMILES string of the molecule is C#CCOC(=O)Nc1cccc(-c2c(C#N)c3c(n2C)=CC(OC)=CCC=3)c1.CC. The summed E-state index contributed by atoms with van der Waals surface area (Å²) in [5.41, 5.74) is 2.68. The van der Waals surface area contributed by atoms with Crippen LogP contribution in [0.15, 0.2) is 36.1 Å². The first-order valence-corrected chi connectivity index (χ1v) is 9.61. The molecule has 154 valence electrons. The van der Waals surface area contributed by atoms with Crippen LogP contribution in [0.1, 0.15) is 25.8 Å². The van der Waals surface area contributed by atoms with Crippen molar-refractivity contribution in [2.45, 2.75) is 20.3 Å². The molecule has 1 aliphatic carbocycles. The van der Waals surface area contributed by atoms with E-state index >= 15 is 0 Å². The van der Waals surface area contributed by atoms with E-state index in [1.54, 1.807) is 25.3 Å². The predicted octanol–water partition coefficient (Wildman–Crippen LogP) is 3.27. The molecule has 0 saturated heterocycles. The summed E-state index contributed by atoms with van der Waals surface area (Å²) in [5, 5.41) is 14.2. The van der Waals surface area contributed by atoms with Crippen LogP contribution in [0.25, 0.3) is 23.4 Å². The molecule has 3 rings (SSSR count). The number of nitrogens with zero attached hydrogens (tertiary/aromatic N) is 2. The molecule has 0 radical (unpaired) electrons. The summed E-state index contributed by atoms with van der Waals surface area (Å²) in [4.78, 5) is 11.8. The smallest absolute Gasteiger partial charge is 0.412 e. The molecule has 6 nitrogen and oxygen atoms in total. The standard InChI is InChI=1S/C22H19N3O3.C2H6/c1-4-11-28-22(26)24-16-8-5-7-15(12-16)21-19(14-23)18-10-6-9-17(27-3)13-20(18)25(21)2;1-2/h1,5,7-10,12-13H,6,11H2,2-3H3,(H,24,26);1-2H3. The van der Waals surface area contributed by atoms with E-state index in [1.165, 1.54) is 0 Å². The van der Waals surface area contributed by atoms with E-state index in [0.29, 0.717) is 17.7 Å². The van der Waals surface area contributed by atoms with Crippen molar-refractivity contribution in [3.8, 4) is 29.7 Å². The Hall–Kier alpha value is -3.90. The molecule has 2 aromatic rings. The van der Waals surface area contributed by atoms with Crippen LogP contribution in [-0.4, -0.2) is 24.4 Å². The predicted molar refractivity (Wildman–Crippen MR) is 119 cm³/mol. The first kappa shape index (κ1) is 22.4. The number of nitriles is 1. The maximum absolute atomic E-state index is 11.8. The number of aromatic nitrogens is 1. The Morgan fingerprint density at radius 2 is 2.10 bits per heavy atom. The molecule has 0 spiro atoms. The molecule has 1 N–H and O–H groups in total. The zero-order valence-electron chi connectivity index (χ0n) is 17.7. The van der Waals surface area contributed by atoms with Crippen molar-refractivity contribution in [3.63, 3.8) is 0 Å². The maximum Gasteiger partial charge on any atom is 0.412 e. The first-order valence-electron chi connectivity index (χ1n) is 9.61. The number of fused-ring (bicyclic) bond motifs is 1. The molecule has 1 amide bonds. The second-order valence-electron chi connectivity index (χ2n) is 6.07. The second kappa shape index (κ2) is 10.6. The number of amides is 1. The first-order chi connectivity index (χ1) is 14.6. The van der Waals surface area contributed by atoms with Crippen LogP contribution in [0.4, 0.5) is 10.5 Å². The summed E-state index contributed by atoms with van der Waals surface area (Å²) in [7, 11) is 3.52. The summed E-state index contributed by atoms with van der Waals surface area (Å²) in [6, 6.07) is 9.55. The highest BCUT2D eigenvalue weighted by atomic mass is 16.5. The van der Waals surface area contributed by atoms with Gasteiger partial charge in [0.2, 0.25) is 0 Å². The average molecular weight is 403 g/mol. The molecule has 0 saturated carbocycles. The van der Waals surface area contributed by atoms with Crippen molar-refractivity contribution in [1.82, 2.24) is 4.57 Å². The highest BCUT2D eigenvalue weighted by Gasteiger charge is 2.16. The van der Waals surface area contributed by atoms with Gasteiger partial charge in [-0.1, -0.05) is 38.0 Å². The number of ether oxygens (including phenoxy) is 2. The normalized spacial score (nSPS) is 11.5. The zero-order valence-corrected chi connectivity index (χ0v) is 17.7. The topological polar surface area (TPSA) is 76.3 Å². The van der Waals surface area contributed by atoms with Crippen LogP contribution < -0.4 is 15.9 Å². The van der Waals surface area contributed by atoms with E-state index in [4.69, 9.17) is 15.9 Å². The quantitative estimate of drug-likeness (QED) is 0.795. The third-order valence-electron chi connectivity index (χ3n) is 4.42. The highest BCUT2D eigenvalue weighted by molar-refractivity contribution is 5.86. The van der Waals surface area contributed by atoms with Gasteiger partial charge in [-0.05, 0) is 24.6 Å². The Morgan fingerprint density at radius 1 is 1.33 bits per heavy atom. The van der Waals surface area contributed by atoms with E-state index in [0.717, 1.165) is 27.6 Å². The van der Waals surface area contributed by atoms with Crippen molar-refractivity contribution in [2.24, 2.45) is 7.05 Å². The maximum atomic E-state index is 11.8. The lowest BCUT2D eigenvalue weighted by molar-refractivity contribution is 0.176. The van der Waals surface area contributed by atoms with Gasteiger partial charge in [0.25, 0.3) is 0 Å². The molecule has 1 aromatic carbocycles. The number of rotatable bonds is 4. The number of hydrogen-bond donors (Lipinski definition) is 1. The van der Waals surface area contributed by atoms with Crippen LogP contribution >= 0.6 is 0 Å². The minimum absolute atomic E-state index is 0.102. The largest absolute Gasteiger partial charge is 0.497 e. The van der Waals surface area contributed by atoms with E-state index < -0.39 is 6.09 Å². The van der Waals surface area contributed by atoms with Crippen LogP contribution in [0.2, 0.25) is 0 Å². The minimum Gasteiger partial charge on any atom is -0.497 e. The molecule has 1 aliphatic rings. The molecule has 1 heterocycles. The lowest BCUT2D eigenvalue weighted by atomic mass is 10.1. The van der Waals surface area contributed by atoms with Gasteiger partial charge < -0.3 is 14.0 Å². The number of methoxy groups -OCH3 is 1. The molecule has 0 fully saturated rings. The van der Waals surface area contributed by atoms with Gasteiger partial charge in [-0.15, -0.1) is 6.42 Å². The molecule has 0 unspecified atom stereocenters. The molecule has 0 aliphatic heterocycles. The number of benzene rings is 1. The Kier molecular flexibility index (Phi) is 7.90. The van der Waals surface area contributed by atoms with Crippen LogP contribution in [-0.2, 0) is 16.5 Å².